The van der Waals surface area contributed by atoms with Crippen molar-refractivity contribution in [2.24, 2.45) is 0 Å². The maximum atomic E-state index is 12.6. The molecule has 1 saturated heterocycles. The molecular formula is C21H28N2O3S. The van der Waals surface area contributed by atoms with Crippen molar-refractivity contribution in [3.8, 4) is 5.75 Å². The first-order valence-corrected chi connectivity index (χ1v) is 11.1. The largest absolute Gasteiger partial charge is 0.491 e. The fraction of sp³-hybridized carbons (Fsp3) is 0.429. The maximum Gasteiger partial charge on any atom is 0.214 e. The molecule has 27 heavy (non-hydrogen) atoms. The predicted octanol–water partition coefficient (Wildman–Crippen LogP) is 3.17. The van der Waals surface area contributed by atoms with Crippen LogP contribution in [0.4, 0.5) is 5.69 Å². The average molecular weight is 389 g/mol. The average Bonchev–Trinajstić information content (AvgIpc) is 2.68. The lowest BCUT2D eigenvalue weighted by atomic mass is 10.2. The van der Waals surface area contributed by atoms with Crippen molar-refractivity contribution in [3.05, 3.63) is 60.2 Å². The molecule has 0 unspecified atom stereocenters. The van der Waals surface area contributed by atoms with Gasteiger partial charge in [0.15, 0.2) is 0 Å². The van der Waals surface area contributed by atoms with E-state index < -0.39 is 10.0 Å². The molecule has 0 amide bonds. The van der Waals surface area contributed by atoms with Crippen LogP contribution < -0.4 is 9.64 Å². The predicted molar refractivity (Wildman–Crippen MR) is 110 cm³/mol. The molecule has 0 aliphatic carbocycles. The number of aryl methyl sites for hydroxylation is 1. The molecule has 0 saturated carbocycles. The van der Waals surface area contributed by atoms with Crippen LogP contribution in [-0.2, 0) is 16.4 Å². The first-order valence-electron chi connectivity index (χ1n) is 9.47. The van der Waals surface area contributed by atoms with Gasteiger partial charge in [0.2, 0.25) is 10.0 Å². The molecule has 3 rings (SSSR count). The third kappa shape index (κ3) is 5.47. The van der Waals surface area contributed by atoms with Crippen LogP contribution >= 0.6 is 0 Å². The van der Waals surface area contributed by atoms with Crippen LogP contribution in [0.25, 0.3) is 0 Å². The van der Waals surface area contributed by atoms with Crippen molar-refractivity contribution in [1.29, 1.82) is 0 Å². The Balaban J connectivity index is 1.53. The summed E-state index contributed by atoms with van der Waals surface area (Å²) in [7, 11) is -3.22. The van der Waals surface area contributed by atoms with Gasteiger partial charge in [-0.3, -0.25) is 0 Å². The zero-order valence-electron chi connectivity index (χ0n) is 16.0. The topological polar surface area (TPSA) is 49.9 Å². The van der Waals surface area contributed by atoms with Crippen LogP contribution in [0, 0.1) is 0 Å². The first-order chi connectivity index (χ1) is 12.9. The van der Waals surface area contributed by atoms with Gasteiger partial charge in [0.25, 0.3) is 0 Å². The highest BCUT2D eigenvalue weighted by molar-refractivity contribution is 7.89. The molecular weight excluding hydrogens is 360 g/mol. The second kappa shape index (κ2) is 8.76. The lowest BCUT2D eigenvalue weighted by Gasteiger charge is -2.35. The Morgan fingerprint density at radius 2 is 1.56 bits per heavy atom. The Hall–Kier alpha value is -2.05. The van der Waals surface area contributed by atoms with Gasteiger partial charge in [0.1, 0.15) is 5.75 Å². The summed E-state index contributed by atoms with van der Waals surface area (Å²) in [5.74, 6) is 1.02. The summed E-state index contributed by atoms with van der Waals surface area (Å²) >= 11 is 0. The first kappa shape index (κ1) is 19.7. The van der Waals surface area contributed by atoms with Crippen molar-refractivity contribution in [1.82, 2.24) is 4.31 Å². The second-order valence-corrected chi connectivity index (χ2v) is 9.19. The van der Waals surface area contributed by atoms with Crippen molar-refractivity contribution in [2.45, 2.75) is 26.4 Å². The summed E-state index contributed by atoms with van der Waals surface area (Å²) in [5, 5.41) is 0. The van der Waals surface area contributed by atoms with E-state index in [9.17, 15) is 8.42 Å². The second-order valence-electron chi connectivity index (χ2n) is 7.10. The van der Waals surface area contributed by atoms with Gasteiger partial charge in [-0.25, -0.2) is 8.42 Å². The van der Waals surface area contributed by atoms with Crippen LogP contribution in [0.15, 0.2) is 54.6 Å². The summed E-state index contributed by atoms with van der Waals surface area (Å²) in [6.07, 6.45) is 0.709. The Labute approximate surface area is 162 Å². The molecule has 1 aliphatic rings. The van der Waals surface area contributed by atoms with Crippen molar-refractivity contribution < 1.29 is 13.2 Å². The quantitative estimate of drug-likeness (QED) is 0.731. The van der Waals surface area contributed by atoms with E-state index >= 15 is 0 Å². The molecule has 1 aliphatic heterocycles. The number of ether oxygens (including phenoxy) is 1. The van der Waals surface area contributed by atoms with E-state index in [2.05, 4.69) is 4.90 Å². The summed E-state index contributed by atoms with van der Waals surface area (Å²) in [5.41, 5.74) is 2.16. The molecule has 5 nitrogen and oxygen atoms in total. The number of piperazine rings is 1. The molecule has 6 heteroatoms. The van der Waals surface area contributed by atoms with Gasteiger partial charge < -0.3 is 9.64 Å². The van der Waals surface area contributed by atoms with Crippen molar-refractivity contribution in [3.63, 3.8) is 0 Å². The molecule has 0 radical (unpaired) electrons. The lowest BCUT2D eigenvalue weighted by molar-refractivity contribution is 0.242. The zero-order chi connectivity index (χ0) is 19.3. The SMILES string of the molecule is CC(C)Oc1ccc(N2CCN(S(=O)(=O)CCc3ccccc3)CC2)cc1. The minimum Gasteiger partial charge on any atom is -0.491 e. The number of hydrogen-bond acceptors (Lipinski definition) is 4. The highest BCUT2D eigenvalue weighted by atomic mass is 32.2. The molecule has 0 atom stereocenters. The molecule has 0 N–H and O–H groups in total. The van der Waals surface area contributed by atoms with E-state index in [4.69, 9.17) is 4.74 Å². The van der Waals surface area contributed by atoms with Gasteiger partial charge in [-0.05, 0) is 50.1 Å². The Kier molecular flexibility index (Phi) is 6.39. The van der Waals surface area contributed by atoms with E-state index in [1.54, 1.807) is 4.31 Å². The van der Waals surface area contributed by atoms with Gasteiger partial charge in [-0.2, -0.15) is 4.31 Å². The van der Waals surface area contributed by atoms with Crippen LogP contribution in [-0.4, -0.2) is 50.8 Å². The van der Waals surface area contributed by atoms with Gasteiger partial charge in [0.05, 0.1) is 11.9 Å². The fourth-order valence-corrected chi connectivity index (χ4v) is 4.72. The molecule has 0 aromatic heterocycles. The van der Waals surface area contributed by atoms with Crippen LogP contribution in [0.2, 0.25) is 0 Å². The highest BCUT2D eigenvalue weighted by Crippen LogP contribution is 2.22. The van der Waals surface area contributed by atoms with Crippen LogP contribution in [0.3, 0.4) is 0 Å². The van der Waals surface area contributed by atoms with Gasteiger partial charge in [0, 0.05) is 31.9 Å². The third-order valence-electron chi connectivity index (χ3n) is 4.70. The summed E-state index contributed by atoms with van der Waals surface area (Å²) in [6.45, 7) is 6.48. The number of anilines is 1. The summed E-state index contributed by atoms with van der Waals surface area (Å²) in [6, 6.07) is 17.8. The zero-order valence-corrected chi connectivity index (χ0v) is 16.9. The smallest absolute Gasteiger partial charge is 0.214 e. The molecule has 0 spiro atoms. The van der Waals surface area contributed by atoms with Crippen LogP contribution in [0.5, 0.6) is 5.75 Å². The van der Waals surface area contributed by atoms with Crippen molar-refractivity contribution in [2.75, 3.05) is 36.8 Å². The van der Waals surface area contributed by atoms with E-state index in [0.29, 0.717) is 32.6 Å². The molecule has 146 valence electrons. The molecule has 0 bridgehead atoms. The standard InChI is InChI=1S/C21H28N2O3S/c1-18(2)26-21-10-8-20(9-11-21)22-13-15-23(16-14-22)27(24,25)17-12-19-6-4-3-5-7-19/h3-11,18H,12-17H2,1-2H3. The Bertz CT molecular complexity index is 812. The van der Waals surface area contributed by atoms with E-state index in [-0.39, 0.29) is 11.9 Å². The van der Waals surface area contributed by atoms with Gasteiger partial charge in [-0.15, -0.1) is 0 Å². The van der Waals surface area contributed by atoms with Crippen molar-refractivity contribution >= 4 is 15.7 Å². The van der Waals surface area contributed by atoms with E-state index in [1.807, 2.05) is 68.4 Å². The van der Waals surface area contributed by atoms with E-state index in [1.165, 1.54) is 0 Å². The molecule has 2 aromatic rings. The molecule has 1 fully saturated rings. The van der Waals surface area contributed by atoms with Gasteiger partial charge in [-0.1, -0.05) is 30.3 Å². The summed E-state index contributed by atoms with van der Waals surface area (Å²) < 4.78 is 32.6. The molecule has 1 heterocycles. The summed E-state index contributed by atoms with van der Waals surface area (Å²) in [4.78, 5) is 2.22. The third-order valence-corrected chi connectivity index (χ3v) is 6.57. The number of hydrogen-bond donors (Lipinski definition) is 0. The minimum atomic E-state index is -3.22. The van der Waals surface area contributed by atoms with E-state index in [0.717, 1.165) is 17.0 Å². The normalized spacial score (nSPS) is 15.9. The molecule has 2 aromatic carbocycles. The lowest BCUT2D eigenvalue weighted by Crippen LogP contribution is -2.49. The van der Waals surface area contributed by atoms with Crippen LogP contribution in [0.1, 0.15) is 19.4 Å². The monoisotopic (exact) mass is 388 g/mol. The number of rotatable bonds is 7. The Morgan fingerprint density at radius 1 is 0.926 bits per heavy atom. The minimum absolute atomic E-state index is 0.153. The van der Waals surface area contributed by atoms with Gasteiger partial charge >= 0.3 is 0 Å². The number of sulfonamides is 1. The fourth-order valence-electron chi connectivity index (χ4n) is 3.25. The highest BCUT2D eigenvalue weighted by Gasteiger charge is 2.26. The Morgan fingerprint density at radius 3 is 2.15 bits per heavy atom. The number of benzene rings is 2. The maximum absolute atomic E-state index is 12.6. The number of nitrogens with zero attached hydrogens (tertiary/aromatic N) is 2.